The molecular weight excluding hydrogens is 1080 g/mol. The van der Waals surface area contributed by atoms with Gasteiger partial charge in [-0.25, -0.2) is 0 Å². The van der Waals surface area contributed by atoms with E-state index in [1.54, 1.807) is 37.7 Å². The summed E-state index contributed by atoms with van der Waals surface area (Å²) in [5, 5.41) is 25.2. The quantitative estimate of drug-likeness (QED) is 0.0571. The monoisotopic (exact) mass is 1170 g/mol. The zero-order valence-electron chi connectivity index (χ0n) is 50.2. The van der Waals surface area contributed by atoms with Crippen LogP contribution in [0.15, 0.2) is 97.1 Å². The van der Waals surface area contributed by atoms with Crippen LogP contribution < -0.4 is 42.5 Å². The van der Waals surface area contributed by atoms with E-state index in [1.807, 2.05) is 97.1 Å². The maximum atomic E-state index is 15.1. The van der Waals surface area contributed by atoms with Crippen molar-refractivity contribution in [3.8, 4) is 22.3 Å². The Morgan fingerprint density at radius 1 is 0.407 bits per heavy atom. The highest BCUT2D eigenvalue weighted by Gasteiger charge is 2.49. The lowest BCUT2D eigenvalue weighted by Gasteiger charge is -2.35. The Kier molecular flexibility index (Phi) is 18.7. The average molecular weight is 1170 g/mol. The third kappa shape index (κ3) is 12.6. The van der Waals surface area contributed by atoms with Crippen molar-refractivity contribution in [2.75, 3.05) is 27.2 Å². The number of nitrogens with zero attached hydrogens (tertiary/aromatic N) is 2. The van der Waals surface area contributed by atoms with Gasteiger partial charge in [0.1, 0.15) is 24.2 Å². The first-order valence-electron chi connectivity index (χ1n) is 31.8. The topological polar surface area (TPSA) is 239 Å². The molecule has 4 aromatic carbocycles. The fourth-order valence-electron chi connectivity index (χ4n) is 15.1. The van der Waals surface area contributed by atoms with Crippen molar-refractivity contribution in [1.29, 1.82) is 0 Å². The van der Waals surface area contributed by atoms with Gasteiger partial charge in [0.25, 0.3) is 0 Å². The molecule has 0 bridgehead atoms. The molecule has 8 amide bonds. The fourth-order valence-corrected chi connectivity index (χ4v) is 15.1. The number of hydrogen-bond acceptors (Lipinski definition) is 10. The number of amides is 8. The second kappa shape index (κ2) is 26.7. The number of carbonyl (C=O) groups excluding carboxylic acids is 8. The molecule has 5 aliphatic carbocycles. The minimum absolute atomic E-state index is 0.0862. The second-order valence-electron chi connectivity index (χ2n) is 25.5. The van der Waals surface area contributed by atoms with Crippen LogP contribution in [0.1, 0.15) is 151 Å². The number of rotatable bonds is 18. The summed E-state index contributed by atoms with van der Waals surface area (Å²) in [6.45, 7) is 3.67. The maximum Gasteiger partial charge on any atom is 0.246 e. The largest absolute Gasteiger partial charge is 0.351 e. The van der Waals surface area contributed by atoms with Gasteiger partial charge < -0.3 is 52.3 Å². The molecule has 2 saturated heterocycles. The number of likely N-dealkylation sites (tertiary alicyclic amines) is 2. The molecule has 2 aliphatic heterocycles. The lowest BCUT2D eigenvalue weighted by atomic mass is 9.81. The third-order valence-electron chi connectivity index (χ3n) is 20.2. The minimum atomic E-state index is -0.931. The predicted molar refractivity (Wildman–Crippen MR) is 327 cm³/mol. The van der Waals surface area contributed by atoms with Gasteiger partial charge in [-0.15, -0.1) is 0 Å². The number of benzene rings is 4. The van der Waals surface area contributed by atoms with E-state index in [-0.39, 0.29) is 85.0 Å². The molecule has 2 heterocycles. The molecule has 18 nitrogen and oxygen atoms in total. The molecule has 8 N–H and O–H groups in total. The van der Waals surface area contributed by atoms with Crippen LogP contribution in [0.4, 0.5) is 0 Å². The first-order chi connectivity index (χ1) is 41.7. The Morgan fingerprint density at radius 2 is 0.721 bits per heavy atom. The zero-order valence-corrected chi connectivity index (χ0v) is 50.2. The van der Waals surface area contributed by atoms with Crippen LogP contribution in [-0.2, 0) is 38.4 Å². The normalized spacial score (nSPS) is 24.4. The zero-order chi connectivity index (χ0) is 60.2. The number of hydrogen-bond donors (Lipinski definition) is 8. The lowest BCUT2D eigenvalue weighted by molar-refractivity contribution is -0.143. The molecule has 1 unspecified atom stereocenters. The summed E-state index contributed by atoms with van der Waals surface area (Å²) in [7, 11) is 3.40. The van der Waals surface area contributed by atoms with Gasteiger partial charge in [0.15, 0.2) is 0 Å². The highest BCUT2D eigenvalue weighted by molar-refractivity contribution is 5.96. The molecule has 8 atom stereocenters. The molecular formula is C68H86N10O8. The summed E-state index contributed by atoms with van der Waals surface area (Å²) in [6.07, 6.45) is 11.0. The molecule has 456 valence electrons. The molecule has 11 rings (SSSR count). The lowest BCUT2D eigenvalue weighted by Crippen LogP contribution is -2.58. The Morgan fingerprint density at radius 3 is 1.03 bits per heavy atom. The fraction of sp³-hybridized carbons (Fsp3) is 0.529. The standard InChI is InChI=1S/C68H86N10O8/c1-39(69-3)61(79)73-57(41-19-7-5-8-20-41)67(85)77-37-45(35-55(77)65(83)75-59-51-27-15-11-23-47(51)48-24-12-16-28-52(48)59)71-63(81)43-31-33-44(34-32-43)64(82)72-46-36-56(66(84)76-60-53-29-17-13-25-49(53)50-26-14-18-30-54(50)60)78(38-46)68(86)58(42-21-9-6-10-22-42)74-62(80)40(2)70-4/h11-18,23-30,39-46,55-60,69-70H,5-10,19-22,31-38H2,1-4H3,(H,71,81)(H,72,82)(H,73,79)(H,74,80)(H,75,83)(H,76,84)/t39-,40-,43?,44?,45-,46-,55-,56?,57-,58-/m0/s1. The second-order valence-corrected chi connectivity index (χ2v) is 25.5. The molecule has 0 aromatic heterocycles. The van der Waals surface area contributed by atoms with E-state index in [0.29, 0.717) is 25.7 Å². The molecule has 18 heteroatoms. The smallest absolute Gasteiger partial charge is 0.246 e. The Labute approximate surface area is 505 Å². The first kappa shape index (κ1) is 60.3. The number of nitrogens with one attached hydrogen (secondary N) is 8. The first-order valence-corrected chi connectivity index (χ1v) is 31.8. The van der Waals surface area contributed by atoms with Gasteiger partial charge >= 0.3 is 0 Å². The summed E-state index contributed by atoms with van der Waals surface area (Å²) < 4.78 is 0. The van der Waals surface area contributed by atoms with E-state index >= 15 is 9.59 Å². The summed E-state index contributed by atoms with van der Waals surface area (Å²) in [6, 6.07) is 25.3. The van der Waals surface area contributed by atoms with Crippen LogP contribution >= 0.6 is 0 Å². The van der Waals surface area contributed by atoms with Gasteiger partial charge in [0.2, 0.25) is 47.3 Å². The van der Waals surface area contributed by atoms with Gasteiger partial charge in [-0.3, -0.25) is 38.4 Å². The van der Waals surface area contributed by atoms with Crippen LogP contribution in [0.3, 0.4) is 0 Å². The summed E-state index contributed by atoms with van der Waals surface area (Å²) in [4.78, 5) is 119. The van der Waals surface area contributed by atoms with E-state index in [2.05, 4.69) is 42.5 Å². The Bertz CT molecular complexity index is 2890. The molecule has 7 aliphatic rings. The van der Waals surface area contributed by atoms with Crippen LogP contribution in [0, 0.1) is 23.7 Å². The van der Waals surface area contributed by atoms with E-state index < -0.39 is 72.3 Å². The highest BCUT2D eigenvalue weighted by Crippen LogP contribution is 2.45. The average Bonchev–Trinajstić information content (AvgIpc) is 2.69. The van der Waals surface area contributed by atoms with Gasteiger partial charge in [0, 0.05) is 37.0 Å². The molecule has 4 aromatic rings. The Hall–Kier alpha value is -7.44. The van der Waals surface area contributed by atoms with Gasteiger partial charge in [-0.2, -0.15) is 0 Å². The van der Waals surface area contributed by atoms with E-state index in [1.165, 1.54) is 0 Å². The van der Waals surface area contributed by atoms with Crippen molar-refractivity contribution in [3.05, 3.63) is 119 Å². The maximum absolute atomic E-state index is 15.1. The van der Waals surface area contributed by atoms with Crippen molar-refractivity contribution < 1.29 is 38.4 Å². The van der Waals surface area contributed by atoms with Gasteiger partial charge in [-0.05, 0) is 148 Å². The van der Waals surface area contributed by atoms with Crippen molar-refractivity contribution in [2.24, 2.45) is 23.7 Å². The van der Waals surface area contributed by atoms with Gasteiger partial charge in [0.05, 0.1) is 24.2 Å². The molecule has 0 spiro atoms. The number of carbonyl (C=O) groups is 8. The van der Waals surface area contributed by atoms with Crippen LogP contribution in [0.5, 0.6) is 0 Å². The predicted octanol–water partition coefficient (Wildman–Crippen LogP) is 6.08. The van der Waals surface area contributed by atoms with Crippen LogP contribution in [-0.4, -0.2) is 133 Å². The minimum Gasteiger partial charge on any atom is -0.351 e. The number of fused-ring (bicyclic) bond motifs is 6. The van der Waals surface area contributed by atoms with E-state index in [4.69, 9.17) is 0 Å². The molecule has 0 radical (unpaired) electrons. The van der Waals surface area contributed by atoms with E-state index in [9.17, 15) is 28.8 Å². The van der Waals surface area contributed by atoms with Gasteiger partial charge in [-0.1, -0.05) is 136 Å². The van der Waals surface area contributed by atoms with Crippen molar-refractivity contribution >= 4 is 47.3 Å². The Balaban J connectivity index is 0.769. The summed E-state index contributed by atoms with van der Waals surface area (Å²) >= 11 is 0. The molecule has 5 fully saturated rings. The van der Waals surface area contributed by atoms with Crippen LogP contribution in [0.25, 0.3) is 22.3 Å². The number of likely N-dealkylation sites (N-methyl/N-ethyl adjacent to an activating group) is 2. The third-order valence-corrected chi connectivity index (χ3v) is 20.2. The summed E-state index contributed by atoms with van der Waals surface area (Å²) in [5.41, 5.74) is 8.00. The summed E-state index contributed by atoms with van der Waals surface area (Å²) in [5.74, 6) is -3.37. The van der Waals surface area contributed by atoms with Crippen molar-refractivity contribution in [2.45, 2.75) is 177 Å². The molecule has 86 heavy (non-hydrogen) atoms. The molecule has 3 saturated carbocycles. The van der Waals surface area contributed by atoms with Crippen molar-refractivity contribution in [3.63, 3.8) is 0 Å². The van der Waals surface area contributed by atoms with Crippen molar-refractivity contribution in [1.82, 2.24) is 52.3 Å². The SMILES string of the molecule is CN[C@@H](C)C(=O)N[C@H](C(=O)N1C[C@@H](NC(=O)C2CCC(C(=O)N[C@H]3C[C@@H](C(=O)NC4c5ccccc5-c5ccccc54)N(C(=O)[C@@H](NC(=O)[C@H](C)NC)C4CCCCC4)C3)CC2)CC1C(=O)NC1c2ccccc2-c2ccccc21)C1CCCCC1. The highest BCUT2D eigenvalue weighted by atomic mass is 16.2. The van der Waals surface area contributed by atoms with Crippen LogP contribution in [0.2, 0.25) is 0 Å². The van der Waals surface area contributed by atoms with E-state index in [0.717, 1.165) is 109 Å².